The van der Waals surface area contributed by atoms with Crippen LogP contribution in [0.1, 0.15) is 58.8 Å². The van der Waals surface area contributed by atoms with Gasteiger partial charge < -0.3 is 0 Å². The number of rotatable bonds is 0. The van der Waals surface area contributed by atoms with Gasteiger partial charge in [0.15, 0.2) is 0 Å². The third-order valence-electron chi connectivity index (χ3n) is 8.24. The Labute approximate surface area is 128 Å². The van der Waals surface area contributed by atoms with Crippen molar-refractivity contribution < 1.29 is 0 Å². The molecular weight excluding hydrogens is 260 g/mol. The molecule has 8 atom stereocenters. The lowest BCUT2D eigenvalue weighted by Crippen LogP contribution is -2.52. The Morgan fingerprint density at radius 2 is 1.95 bits per heavy atom. The van der Waals surface area contributed by atoms with Crippen LogP contribution in [-0.2, 0) is 0 Å². The number of fused-ring (bicyclic) bond motifs is 6. The zero-order chi connectivity index (χ0) is 13.5. The molecule has 0 radical (unpaired) electrons. The quantitative estimate of drug-likeness (QED) is 0.431. The minimum atomic E-state index is 0.565. The highest BCUT2D eigenvalue weighted by Crippen LogP contribution is 2.69. The molecule has 0 nitrogen and oxygen atoms in total. The van der Waals surface area contributed by atoms with E-state index in [9.17, 15) is 0 Å². The molecule has 0 N–H and O–H groups in total. The Balaban J connectivity index is 1.48. The van der Waals surface area contributed by atoms with Gasteiger partial charge in [0.2, 0.25) is 0 Å². The highest BCUT2D eigenvalue weighted by molar-refractivity contribution is 8.07. The van der Waals surface area contributed by atoms with Crippen molar-refractivity contribution in [1.82, 2.24) is 0 Å². The topological polar surface area (TPSA) is 0 Å². The van der Waals surface area contributed by atoms with Gasteiger partial charge in [-0.25, -0.2) is 0 Å². The highest BCUT2D eigenvalue weighted by atomic mass is 32.2. The predicted molar refractivity (Wildman–Crippen MR) is 86.8 cm³/mol. The third-order valence-corrected chi connectivity index (χ3v) is 9.64. The predicted octanol–water partition coefficient (Wildman–Crippen LogP) is 5.29. The molecule has 1 aliphatic heterocycles. The number of hydrogen-bond acceptors (Lipinski definition) is 1. The van der Waals surface area contributed by atoms with Crippen molar-refractivity contribution in [3.63, 3.8) is 0 Å². The lowest BCUT2D eigenvalue weighted by Gasteiger charge is -2.59. The van der Waals surface area contributed by atoms with E-state index in [4.69, 9.17) is 0 Å². The average Bonchev–Trinajstić information content (AvgIpc) is 3.03. The van der Waals surface area contributed by atoms with E-state index in [1.165, 1.54) is 19.3 Å². The molecule has 110 valence electrons. The van der Waals surface area contributed by atoms with E-state index < -0.39 is 0 Å². The number of allylic oxidation sites excluding steroid dienone is 2. The van der Waals surface area contributed by atoms with Gasteiger partial charge in [0, 0.05) is 10.5 Å². The van der Waals surface area contributed by atoms with E-state index in [-0.39, 0.29) is 0 Å². The van der Waals surface area contributed by atoms with Crippen LogP contribution in [0.15, 0.2) is 12.2 Å². The summed E-state index contributed by atoms with van der Waals surface area (Å²) in [7, 11) is 0. The summed E-state index contributed by atoms with van der Waals surface area (Å²) in [6.07, 6.45) is 15.7. The molecule has 4 fully saturated rings. The number of thioether (sulfide) groups is 1. The second kappa shape index (κ2) is 3.89. The molecule has 5 aliphatic rings. The van der Waals surface area contributed by atoms with Gasteiger partial charge in [-0.1, -0.05) is 26.0 Å². The molecule has 2 unspecified atom stereocenters. The Morgan fingerprint density at radius 1 is 1.05 bits per heavy atom. The van der Waals surface area contributed by atoms with Crippen LogP contribution in [0.5, 0.6) is 0 Å². The van der Waals surface area contributed by atoms with Gasteiger partial charge in [0.05, 0.1) is 0 Å². The van der Waals surface area contributed by atoms with Crippen LogP contribution < -0.4 is 0 Å². The van der Waals surface area contributed by atoms with E-state index in [0.29, 0.717) is 10.8 Å². The van der Waals surface area contributed by atoms with Gasteiger partial charge in [-0.05, 0) is 79.4 Å². The van der Waals surface area contributed by atoms with E-state index in [1.54, 1.807) is 25.7 Å². The van der Waals surface area contributed by atoms with Crippen LogP contribution in [0.2, 0.25) is 0 Å². The van der Waals surface area contributed by atoms with Gasteiger partial charge in [0.1, 0.15) is 0 Å². The molecule has 0 amide bonds. The lowest BCUT2D eigenvalue weighted by molar-refractivity contribution is -0.0918. The Kier molecular flexibility index (Phi) is 2.45. The summed E-state index contributed by atoms with van der Waals surface area (Å²) >= 11 is 2.31. The fraction of sp³-hybridized carbons (Fsp3) is 0.895. The Morgan fingerprint density at radius 3 is 2.85 bits per heavy atom. The highest BCUT2D eigenvalue weighted by Gasteiger charge is 2.61. The van der Waals surface area contributed by atoms with E-state index >= 15 is 0 Å². The first kappa shape index (κ1) is 12.6. The van der Waals surface area contributed by atoms with Crippen molar-refractivity contribution in [2.75, 3.05) is 0 Å². The fourth-order valence-corrected chi connectivity index (χ4v) is 8.37. The van der Waals surface area contributed by atoms with E-state index in [1.807, 2.05) is 0 Å². The summed E-state index contributed by atoms with van der Waals surface area (Å²) in [5.41, 5.74) is 1.27. The maximum atomic E-state index is 2.70. The summed E-state index contributed by atoms with van der Waals surface area (Å²) < 4.78 is 0. The molecule has 0 bridgehead atoms. The monoisotopic (exact) mass is 288 g/mol. The summed E-state index contributed by atoms with van der Waals surface area (Å²) in [6.45, 7) is 5.26. The van der Waals surface area contributed by atoms with Crippen LogP contribution in [0, 0.1) is 34.5 Å². The largest absolute Gasteiger partial charge is 0.153 e. The maximum Gasteiger partial charge on any atom is 0.0175 e. The van der Waals surface area contributed by atoms with Gasteiger partial charge in [0.25, 0.3) is 0 Å². The molecule has 4 aliphatic carbocycles. The van der Waals surface area contributed by atoms with Crippen molar-refractivity contribution >= 4 is 11.8 Å². The van der Waals surface area contributed by atoms with E-state index in [0.717, 1.165) is 34.2 Å². The average molecular weight is 288 g/mol. The van der Waals surface area contributed by atoms with Crippen LogP contribution in [0.3, 0.4) is 0 Å². The second-order valence-electron chi connectivity index (χ2n) is 8.99. The zero-order valence-electron chi connectivity index (χ0n) is 13.0. The molecule has 0 aromatic rings. The minimum Gasteiger partial charge on any atom is -0.153 e. The SMILES string of the molecule is C[C@]12CC3SC3C[C@@H]1CC[C@@H]1[C@@H]2CC[C@]2(C)C=CC[C@@H]12. The van der Waals surface area contributed by atoms with Gasteiger partial charge in [-0.3, -0.25) is 0 Å². The molecule has 1 heteroatoms. The molecule has 0 aromatic heterocycles. The van der Waals surface area contributed by atoms with Crippen LogP contribution >= 0.6 is 11.8 Å². The molecule has 1 heterocycles. The summed E-state index contributed by atoms with van der Waals surface area (Å²) in [5.74, 6) is 4.16. The fourth-order valence-electron chi connectivity index (χ4n) is 7.00. The van der Waals surface area contributed by atoms with Crippen LogP contribution in [-0.4, -0.2) is 10.5 Å². The number of hydrogen-bond donors (Lipinski definition) is 0. The van der Waals surface area contributed by atoms with Crippen molar-refractivity contribution in [3.05, 3.63) is 12.2 Å². The molecule has 0 aromatic carbocycles. The van der Waals surface area contributed by atoms with Crippen molar-refractivity contribution in [3.8, 4) is 0 Å². The molecular formula is C19H28S. The first-order chi connectivity index (χ1) is 9.60. The first-order valence-corrected chi connectivity index (χ1v) is 9.88. The first-order valence-electron chi connectivity index (χ1n) is 8.93. The molecule has 20 heavy (non-hydrogen) atoms. The van der Waals surface area contributed by atoms with Gasteiger partial charge in [-0.2, -0.15) is 11.8 Å². The lowest BCUT2D eigenvalue weighted by atomic mass is 9.45. The molecule has 5 rings (SSSR count). The second-order valence-corrected chi connectivity index (χ2v) is 10.5. The van der Waals surface area contributed by atoms with Gasteiger partial charge >= 0.3 is 0 Å². The zero-order valence-corrected chi connectivity index (χ0v) is 13.8. The standard InChI is InChI=1S/C19H28S/c1-18-8-3-4-14(18)13-6-5-12-10-16-17(20-16)11-19(12,2)15(13)7-9-18/h3,8,12-17H,4-7,9-11H2,1-2H3/t12-,13-,14-,15-,16?,17?,18-,19-/m0/s1. The summed E-state index contributed by atoms with van der Waals surface area (Å²) in [5, 5.41) is 2.14. The Bertz CT molecular complexity index is 468. The molecule has 3 saturated carbocycles. The van der Waals surface area contributed by atoms with Crippen LogP contribution in [0.25, 0.3) is 0 Å². The minimum absolute atomic E-state index is 0.565. The van der Waals surface area contributed by atoms with E-state index in [2.05, 4.69) is 37.8 Å². The molecule has 1 saturated heterocycles. The van der Waals surface area contributed by atoms with Gasteiger partial charge in [-0.15, -0.1) is 0 Å². The van der Waals surface area contributed by atoms with Crippen molar-refractivity contribution in [1.29, 1.82) is 0 Å². The smallest absolute Gasteiger partial charge is 0.0175 e. The maximum absolute atomic E-state index is 2.70. The summed E-state index contributed by atoms with van der Waals surface area (Å²) in [4.78, 5) is 0. The normalized spacial score (nSPS) is 63.1. The third kappa shape index (κ3) is 1.51. The molecule has 0 spiro atoms. The summed E-state index contributed by atoms with van der Waals surface area (Å²) in [6, 6.07) is 0. The van der Waals surface area contributed by atoms with Crippen LogP contribution in [0.4, 0.5) is 0 Å². The van der Waals surface area contributed by atoms with Crippen molar-refractivity contribution in [2.24, 2.45) is 34.5 Å². The Hall–Kier alpha value is 0.0900. The van der Waals surface area contributed by atoms with Crippen molar-refractivity contribution in [2.45, 2.75) is 69.3 Å².